The summed E-state index contributed by atoms with van der Waals surface area (Å²) in [7, 11) is 1.97. The number of alkyl halides is 1. The minimum Gasteiger partial charge on any atom is -0.342 e. The maximum atomic E-state index is 12.1. The first kappa shape index (κ1) is 14.8. The van der Waals surface area contributed by atoms with Crippen molar-refractivity contribution in [2.24, 2.45) is 0 Å². The number of nitrogens with zero attached hydrogens (tertiary/aromatic N) is 3. The lowest BCUT2D eigenvalue weighted by Gasteiger charge is -2.25. The summed E-state index contributed by atoms with van der Waals surface area (Å²) in [6, 6.07) is 0.147. The van der Waals surface area contributed by atoms with Crippen LogP contribution >= 0.6 is 22.9 Å². The second-order valence-electron chi connectivity index (χ2n) is 4.99. The third-order valence-electron chi connectivity index (χ3n) is 3.57. The molecule has 1 aromatic rings. The van der Waals surface area contributed by atoms with Gasteiger partial charge in [0.05, 0.1) is 24.2 Å². The Balaban J connectivity index is 1.91. The molecule has 1 amide bonds. The number of likely N-dealkylation sites (N-methyl/N-ethyl adjacent to an activating group) is 1. The molecule has 1 saturated heterocycles. The minimum absolute atomic E-state index is 0.147. The van der Waals surface area contributed by atoms with Crippen LogP contribution < -0.4 is 0 Å². The zero-order valence-electron chi connectivity index (χ0n) is 11.4. The van der Waals surface area contributed by atoms with Gasteiger partial charge in [0.2, 0.25) is 5.91 Å². The van der Waals surface area contributed by atoms with Gasteiger partial charge in [-0.05, 0) is 26.8 Å². The second kappa shape index (κ2) is 6.68. The molecule has 0 saturated carbocycles. The van der Waals surface area contributed by atoms with Gasteiger partial charge in [0.25, 0.3) is 0 Å². The van der Waals surface area contributed by atoms with Crippen LogP contribution in [0.3, 0.4) is 0 Å². The van der Waals surface area contributed by atoms with E-state index in [1.54, 1.807) is 11.3 Å². The van der Waals surface area contributed by atoms with Crippen molar-refractivity contribution in [3.05, 3.63) is 16.1 Å². The maximum absolute atomic E-state index is 12.1. The van der Waals surface area contributed by atoms with Crippen LogP contribution in [0.1, 0.15) is 36.5 Å². The summed E-state index contributed by atoms with van der Waals surface area (Å²) in [4.78, 5) is 20.6. The molecule has 0 bridgehead atoms. The van der Waals surface area contributed by atoms with Gasteiger partial charge in [-0.1, -0.05) is 0 Å². The fourth-order valence-corrected chi connectivity index (χ4v) is 3.35. The topological polar surface area (TPSA) is 36.4 Å². The summed E-state index contributed by atoms with van der Waals surface area (Å²) in [5, 5.41) is 3.00. The molecule has 2 rings (SSSR count). The van der Waals surface area contributed by atoms with Crippen LogP contribution in [0.5, 0.6) is 0 Å². The summed E-state index contributed by atoms with van der Waals surface area (Å²) in [6.07, 6.45) is 2.27. The van der Waals surface area contributed by atoms with Crippen molar-refractivity contribution in [1.29, 1.82) is 0 Å². The van der Waals surface area contributed by atoms with Crippen LogP contribution in [0.4, 0.5) is 0 Å². The first-order valence-corrected chi connectivity index (χ1v) is 8.01. The lowest BCUT2D eigenvalue weighted by atomic mass is 10.3. The van der Waals surface area contributed by atoms with Crippen molar-refractivity contribution < 1.29 is 4.79 Å². The number of carbonyl (C=O) groups excluding carboxylic acids is 1. The molecule has 1 fully saturated rings. The fraction of sp³-hybridized carbons (Fsp3) is 0.692. The molecular formula is C13H20ClN3OS. The number of hydrogen-bond acceptors (Lipinski definition) is 4. The quantitative estimate of drug-likeness (QED) is 0.784. The molecule has 1 aliphatic rings. The monoisotopic (exact) mass is 301 g/mol. The number of thiazole rings is 1. The van der Waals surface area contributed by atoms with Gasteiger partial charge >= 0.3 is 0 Å². The molecule has 0 aromatic carbocycles. The highest BCUT2D eigenvalue weighted by Crippen LogP contribution is 2.23. The van der Waals surface area contributed by atoms with Crippen molar-refractivity contribution >= 4 is 28.8 Å². The first-order valence-electron chi connectivity index (χ1n) is 6.60. The summed E-state index contributed by atoms with van der Waals surface area (Å²) in [6.45, 7) is 4.36. The zero-order valence-corrected chi connectivity index (χ0v) is 13.0. The molecule has 0 radical (unpaired) electrons. The highest BCUT2D eigenvalue weighted by molar-refractivity contribution is 7.09. The number of amides is 1. The predicted octanol–water partition coefficient (Wildman–Crippen LogP) is 2.50. The van der Waals surface area contributed by atoms with E-state index in [2.05, 4.69) is 16.8 Å². The Labute approximate surface area is 123 Å². The summed E-state index contributed by atoms with van der Waals surface area (Å²) in [5.74, 6) is 0.667. The number of halogens is 1. The van der Waals surface area contributed by atoms with Gasteiger partial charge in [-0.3, -0.25) is 9.69 Å². The summed E-state index contributed by atoms with van der Waals surface area (Å²) >= 11 is 7.37. The number of rotatable bonds is 5. The second-order valence-corrected chi connectivity index (χ2v) is 6.15. The van der Waals surface area contributed by atoms with Crippen molar-refractivity contribution in [3.8, 4) is 0 Å². The molecule has 0 aliphatic carbocycles. The number of carbonyl (C=O) groups is 1. The van der Waals surface area contributed by atoms with Crippen molar-refractivity contribution in [2.45, 2.75) is 31.7 Å². The molecule has 4 nitrogen and oxygen atoms in total. The van der Waals surface area contributed by atoms with Gasteiger partial charge in [0, 0.05) is 18.5 Å². The average molecular weight is 302 g/mol. The molecule has 1 unspecified atom stereocenters. The molecule has 19 heavy (non-hydrogen) atoms. The van der Waals surface area contributed by atoms with E-state index in [-0.39, 0.29) is 11.9 Å². The van der Waals surface area contributed by atoms with E-state index < -0.39 is 0 Å². The Bertz CT molecular complexity index is 431. The lowest BCUT2D eigenvalue weighted by Crippen LogP contribution is -2.38. The summed E-state index contributed by atoms with van der Waals surface area (Å²) < 4.78 is 0. The fourth-order valence-electron chi connectivity index (χ4n) is 2.18. The number of likely N-dealkylation sites (tertiary alicyclic amines) is 1. The molecule has 0 N–H and O–H groups in total. The van der Waals surface area contributed by atoms with Crippen molar-refractivity contribution in [1.82, 2.24) is 14.8 Å². The highest BCUT2D eigenvalue weighted by atomic mass is 35.5. The van der Waals surface area contributed by atoms with Crippen LogP contribution in [-0.2, 0) is 10.7 Å². The number of aromatic nitrogens is 1. The van der Waals surface area contributed by atoms with Crippen molar-refractivity contribution in [2.75, 3.05) is 26.7 Å². The Hall–Kier alpha value is -0.650. The normalized spacial score (nSPS) is 17.2. The largest absolute Gasteiger partial charge is 0.342 e. The van der Waals surface area contributed by atoms with Crippen LogP contribution in [0.15, 0.2) is 5.38 Å². The SMILES string of the molecule is CC(c1nc(CCl)cs1)N(C)CC(=O)N1CCCC1. The Kier molecular flexibility index (Phi) is 5.19. The predicted molar refractivity (Wildman–Crippen MR) is 78.5 cm³/mol. The van der Waals surface area contributed by atoms with E-state index in [4.69, 9.17) is 11.6 Å². The van der Waals surface area contributed by atoms with E-state index in [9.17, 15) is 4.79 Å². The number of hydrogen-bond donors (Lipinski definition) is 0. The summed E-state index contributed by atoms with van der Waals surface area (Å²) in [5.41, 5.74) is 0.910. The Morgan fingerprint density at radius 2 is 2.26 bits per heavy atom. The van der Waals surface area contributed by atoms with Crippen molar-refractivity contribution in [3.63, 3.8) is 0 Å². The third-order valence-corrected chi connectivity index (χ3v) is 4.91. The lowest BCUT2D eigenvalue weighted by molar-refractivity contribution is -0.131. The molecule has 1 aliphatic heterocycles. The van der Waals surface area contributed by atoms with E-state index >= 15 is 0 Å². The van der Waals surface area contributed by atoms with E-state index in [0.29, 0.717) is 12.4 Å². The van der Waals surface area contributed by atoms with Gasteiger partial charge in [0.1, 0.15) is 5.01 Å². The molecular weight excluding hydrogens is 282 g/mol. The molecule has 1 atom stereocenters. The molecule has 106 valence electrons. The van der Waals surface area contributed by atoms with Gasteiger partial charge in [-0.25, -0.2) is 4.98 Å². The van der Waals surface area contributed by atoms with Gasteiger partial charge < -0.3 is 4.90 Å². The van der Waals surface area contributed by atoms with Gasteiger partial charge in [-0.15, -0.1) is 22.9 Å². The van der Waals surface area contributed by atoms with E-state index in [1.165, 1.54) is 0 Å². The first-order chi connectivity index (χ1) is 9.11. The zero-order chi connectivity index (χ0) is 13.8. The van der Waals surface area contributed by atoms with Gasteiger partial charge in [-0.2, -0.15) is 0 Å². The Morgan fingerprint density at radius 1 is 1.58 bits per heavy atom. The standard InChI is InChI=1S/C13H20ClN3OS/c1-10(13-15-11(7-14)9-19-13)16(2)8-12(18)17-5-3-4-6-17/h9-10H,3-8H2,1-2H3. The molecule has 6 heteroatoms. The molecule has 2 heterocycles. The average Bonchev–Trinajstić information content (AvgIpc) is 3.08. The highest BCUT2D eigenvalue weighted by Gasteiger charge is 2.22. The van der Waals surface area contributed by atoms with Crippen LogP contribution in [0.2, 0.25) is 0 Å². The van der Waals surface area contributed by atoms with Gasteiger partial charge in [0.15, 0.2) is 0 Å². The minimum atomic E-state index is 0.147. The van der Waals surface area contributed by atoms with E-state index in [1.807, 2.05) is 17.3 Å². The van der Waals surface area contributed by atoms with Crippen LogP contribution in [-0.4, -0.2) is 47.4 Å². The maximum Gasteiger partial charge on any atom is 0.236 e. The molecule has 1 aromatic heterocycles. The Morgan fingerprint density at radius 3 is 2.84 bits per heavy atom. The molecule has 0 spiro atoms. The van der Waals surface area contributed by atoms with Crippen LogP contribution in [0.25, 0.3) is 0 Å². The van der Waals surface area contributed by atoms with Crippen LogP contribution in [0, 0.1) is 0 Å². The van der Waals surface area contributed by atoms with E-state index in [0.717, 1.165) is 36.6 Å². The third kappa shape index (κ3) is 3.68. The smallest absolute Gasteiger partial charge is 0.236 e.